The van der Waals surface area contributed by atoms with Crippen molar-refractivity contribution in [3.63, 3.8) is 0 Å². The highest BCUT2D eigenvalue weighted by Gasteiger charge is 2.51. The molecule has 0 radical (unpaired) electrons. The highest BCUT2D eigenvalue weighted by molar-refractivity contribution is 9.10. The zero-order valence-corrected chi connectivity index (χ0v) is 17.3. The van der Waals surface area contributed by atoms with Crippen molar-refractivity contribution >= 4 is 27.6 Å². The van der Waals surface area contributed by atoms with Crippen LogP contribution in [0.1, 0.15) is 38.5 Å². The number of hydrogen-bond donors (Lipinski definition) is 2. The fourth-order valence-corrected chi connectivity index (χ4v) is 6.10. The largest absolute Gasteiger partial charge is 0.471 e. The van der Waals surface area contributed by atoms with Gasteiger partial charge in [-0.2, -0.15) is 5.10 Å². The molecule has 4 bridgehead atoms. The average Bonchev–Trinajstić information content (AvgIpc) is 3.06. The lowest BCUT2D eigenvalue weighted by Gasteiger charge is -2.56. The third kappa shape index (κ3) is 3.77. The van der Waals surface area contributed by atoms with Gasteiger partial charge in [0, 0.05) is 10.0 Å². The lowest BCUT2D eigenvalue weighted by molar-refractivity contribution is -0.0127. The summed E-state index contributed by atoms with van der Waals surface area (Å²) in [7, 11) is 0. The first kappa shape index (κ1) is 18.0. The van der Waals surface area contributed by atoms with Crippen molar-refractivity contribution in [1.29, 1.82) is 0 Å². The summed E-state index contributed by atoms with van der Waals surface area (Å²) in [6, 6.07) is 7.54. The van der Waals surface area contributed by atoms with E-state index < -0.39 is 0 Å². The Bertz CT molecular complexity index is 828. The Morgan fingerprint density at radius 3 is 2.43 bits per heavy atom. The Morgan fingerprint density at radius 1 is 1.14 bits per heavy atom. The van der Waals surface area contributed by atoms with E-state index in [4.69, 9.17) is 4.74 Å². The molecule has 4 aliphatic rings. The van der Waals surface area contributed by atoms with E-state index in [-0.39, 0.29) is 11.6 Å². The Kier molecular flexibility index (Phi) is 4.57. The Labute approximate surface area is 173 Å². The standard InChI is InChI=1S/C21H25BrN4O2/c22-17-1-3-19(4-2-17)28-13-26-12-18(11-23-26)24-20(27)25-21-8-14-5-15(9-21)7-16(6-14)10-21/h1-4,11-12,14-16H,5-10,13H2,(H2,24,25,27). The summed E-state index contributed by atoms with van der Waals surface area (Å²) in [6.07, 6.45) is 11.0. The topological polar surface area (TPSA) is 68.2 Å². The highest BCUT2D eigenvalue weighted by Crippen LogP contribution is 2.55. The molecule has 148 valence electrons. The molecule has 0 saturated heterocycles. The number of benzene rings is 1. The molecule has 0 atom stereocenters. The Balaban J connectivity index is 1.16. The molecule has 0 spiro atoms. The van der Waals surface area contributed by atoms with Gasteiger partial charge in [0.1, 0.15) is 5.75 Å². The Hall–Kier alpha value is -2.02. The van der Waals surface area contributed by atoms with Crippen LogP contribution in [0.25, 0.3) is 0 Å². The van der Waals surface area contributed by atoms with E-state index in [0.29, 0.717) is 12.4 Å². The predicted molar refractivity (Wildman–Crippen MR) is 110 cm³/mol. The molecule has 4 saturated carbocycles. The normalized spacial score (nSPS) is 30.2. The number of hydrogen-bond acceptors (Lipinski definition) is 3. The van der Waals surface area contributed by atoms with E-state index in [1.807, 2.05) is 24.3 Å². The number of rotatable bonds is 5. The van der Waals surface area contributed by atoms with Crippen LogP contribution in [0.4, 0.5) is 10.5 Å². The van der Waals surface area contributed by atoms with Crippen molar-refractivity contribution < 1.29 is 9.53 Å². The quantitative estimate of drug-likeness (QED) is 0.697. The minimum Gasteiger partial charge on any atom is -0.471 e. The van der Waals surface area contributed by atoms with E-state index in [9.17, 15) is 4.79 Å². The third-order valence-electron chi connectivity index (χ3n) is 6.49. The smallest absolute Gasteiger partial charge is 0.319 e. The molecule has 0 unspecified atom stereocenters. The second kappa shape index (κ2) is 7.10. The number of aromatic nitrogens is 2. The first-order chi connectivity index (χ1) is 13.6. The lowest BCUT2D eigenvalue weighted by Crippen LogP contribution is -2.60. The van der Waals surface area contributed by atoms with Crippen LogP contribution >= 0.6 is 15.9 Å². The molecule has 1 aromatic heterocycles. The minimum absolute atomic E-state index is 0.0134. The highest BCUT2D eigenvalue weighted by atomic mass is 79.9. The van der Waals surface area contributed by atoms with Gasteiger partial charge >= 0.3 is 6.03 Å². The molecule has 28 heavy (non-hydrogen) atoms. The number of ether oxygens (including phenoxy) is 1. The number of nitrogens with zero attached hydrogens (tertiary/aromatic N) is 2. The summed E-state index contributed by atoms with van der Waals surface area (Å²) in [5.74, 6) is 3.20. The molecule has 1 aromatic carbocycles. The average molecular weight is 445 g/mol. The summed E-state index contributed by atoms with van der Waals surface area (Å²) in [5.41, 5.74) is 0.695. The molecule has 2 amide bonds. The van der Waals surface area contributed by atoms with Gasteiger partial charge in [0.05, 0.1) is 18.1 Å². The molecule has 4 fully saturated rings. The lowest BCUT2D eigenvalue weighted by atomic mass is 9.53. The second-order valence-corrected chi connectivity index (χ2v) is 9.69. The van der Waals surface area contributed by atoms with Crippen LogP contribution in [-0.2, 0) is 6.73 Å². The number of halogens is 1. The number of nitrogens with one attached hydrogen (secondary N) is 2. The number of amides is 2. The van der Waals surface area contributed by atoms with Crippen molar-refractivity contribution in [2.75, 3.05) is 5.32 Å². The van der Waals surface area contributed by atoms with Crippen molar-refractivity contribution in [3.8, 4) is 5.75 Å². The van der Waals surface area contributed by atoms with Crippen LogP contribution in [0.15, 0.2) is 41.1 Å². The van der Waals surface area contributed by atoms with Gasteiger partial charge in [-0.15, -0.1) is 0 Å². The van der Waals surface area contributed by atoms with Crippen LogP contribution in [0.5, 0.6) is 5.75 Å². The fraction of sp³-hybridized carbons (Fsp3) is 0.524. The SMILES string of the molecule is O=C(Nc1cnn(COc2ccc(Br)cc2)c1)NC12CC3CC(CC(C3)C1)C2. The van der Waals surface area contributed by atoms with E-state index in [0.717, 1.165) is 47.2 Å². The maximum Gasteiger partial charge on any atom is 0.319 e. The Morgan fingerprint density at radius 2 is 1.79 bits per heavy atom. The van der Waals surface area contributed by atoms with Gasteiger partial charge in [0.15, 0.2) is 6.73 Å². The molecule has 2 aromatic rings. The van der Waals surface area contributed by atoms with Crippen molar-refractivity contribution in [2.24, 2.45) is 17.8 Å². The minimum atomic E-state index is -0.115. The van der Waals surface area contributed by atoms with Gasteiger partial charge in [0.25, 0.3) is 0 Å². The van der Waals surface area contributed by atoms with Crippen molar-refractivity contribution in [1.82, 2.24) is 15.1 Å². The third-order valence-corrected chi connectivity index (χ3v) is 7.01. The molecular weight excluding hydrogens is 420 g/mol. The molecule has 1 heterocycles. The predicted octanol–water partition coefficient (Wildman–Crippen LogP) is 4.77. The van der Waals surface area contributed by atoms with Gasteiger partial charge in [0.2, 0.25) is 0 Å². The second-order valence-electron chi connectivity index (χ2n) is 8.77. The summed E-state index contributed by atoms with van der Waals surface area (Å²) >= 11 is 3.41. The molecule has 6 nitrogen and oxygen atoms in total. The molecule has 7 heteroatoms. The van der Waals surface area contributed by atoms with Gasteiger partial charge in [-0.25, -0.2) is 9.48 Å². The number of urea groups is 1. The number of carbonyl (C=O) groups excluding carboxylic acids is 1. The van der Waals surface area contributed by atoms with E-state index in [1.54, 1.807) is 17.1 Å². The molecule has 6 rings (SSSR count). The van der Waals surface area contributed by atoms with Crippen LogP contribution < -0.4 is 15.4 Å². The zero-order chi connectivity index (χ0) is 19.1. The number of carbonyl (C=O) groups is 1. The van der Waals surface area contributed by atoms with Gasteiger partial charge < -0.3 is 15.4 Å². The van der Waals surface area contributed by atoms with Gasteiger partial charge in [-0.3, -0.25) is 0 Å². The zero-order valence-electron chi connectivity index (χ0n) is 15.7. The monoisotopic (exact) mass is 444 g/mol. The first-order valence-electron chi connectivity index (χ1n) is 10.1. The van der Waals surface area contributed by atoms with Crippen LogP contribution in [0.3, 0.4) is 0 Å². The van der Waals surface area contributed by atoms with Crippen molar-refractivity contribution in [3.05, 3.63) is 41.1 Å². The van der Waals surface area contributed by atoms with Crippen LogP contribution in [0, 0.1) is 17.8 Å². The summed E-state index contributed by atoms with van der Waals surface area (Å²) in [4.78, 5) is 12.6. The molecular formula is C21H25BrN4O2. The maximum atomic E-state index is 12.6. The fourth-order valence-electron chi connectivity index (χ4n) is 5.84. The molecule has 2 N–H and O–H groups in total. The molecule has 0 aliphatic heterocycles. The van der Waals surface area contributed by atoms with E-state index in [2.05, 4.69) is 31.7 Å². The number of anilines is 1. The summed E-state index contributed by atoms with van der Waals surface area (Å²) in [6.45, 7) is 0.292. The van der Waals surface area contributed by atoms with E-state index >= 15 is 0 Å². The van der Waals surface area contributed by atoms with Crippen LogP contribution in [-0.4, -0.2) is 21.4 Å². The first-order valence-corrected chi connectivity index (χ1v) is 10.8. The maximum absolute atomic E-state index is 12.6. The summed E-state index contributed by atoms with van der Waals surface area (Å²) < 4.78 is 8.39. The van der Waals surface area contributed by atoms with Gasteiger partial charge in [-0.1, -0.05) is 15.9 Å². The van der Waals surface area contributed by atoms with Crippen molar-refractivity contribution in [2.45, 2.75) is 50.8 Å². The van der Waals surface area contributed by atoms with Gasteiger partial charge in [-0.05, 0) is 80.5 Å². The molecule has 4 aliphatic carbocycles. The van der Waals surface area contributed by atoms with Crippen LogP contribution in [0.2, 0.25) is 0 Å². The van der Waals surface area contributed by atoms with E-state index in [1.165, 1.54) is 19.3 Å². The summed E-state index contributed by atoms with van der Waals surface area (Å²) in [5, 5.41) is 10.5.